The largest absolute Gasteiger partial charge is 0.497 e. The maximum absolute atomic E-state index is 12.5. The van der Waals surface area contributed by atoms with Crippen LogP contribution in [0.3, 0.4) is 0 Å². The van der Waals surface area contributed by atoms with Crippen LogP contribution in [0.5, 0.6) is 11.5 Å². The molecular formula is C17H23NO4S. The van der Waals surface area contributed by atoms with E-state index >= 15 is 0 Å². The van der Waals surface area contributed by atoms with E-state index in [1.54, 1.807) is 11.4 Å². The fourth-order valence-corrected chi connectivity index (χ4v) is 5.56. The Morgan fingerprint density at radius 1 is 1.35 bits per heavy atom. The van der Waals surface area contributed by atoms with Crippen molar-refractivity contribution in [1.29, 1.82) is 0 Å². The first-order valence-electron chi connectivity index (χ1n) is 7.94. The molecule has 1 heterocycles. The van der Waals surface area contributed by atoms with Crippen molar-refractivity contribution in [3.8, 4) is 11.5 Å². The van der Waals surface area contributed by atoms with Crippen LogP contribution in [0, 0.1) is 5.92 Å². The van der Waals surface area contributed by atoms with Crippen molar-refractivity contribution in [2.24, 2.45) is 5.92 Å². The topological polar surface area (TPSA) is 55.8 Å². The van der Waals surface area contributed by atoms with Gasteiger partial charge < -0.3 is 9.47 Å². The van der Waals surface area contributed by atoms with E-state index in [0.717, 1.165) is 25.0 Å². The number of hydrogen-bond acceptors (Lipinski definition) is 4. The van der Waals surface area contributed by atoms with Crippen molar-refractivity contribution in [3.05, 3.63) is 36.9 Å². The molecule has 3 rings (SSSR count). The average molecular weight is 337 g/mol. The molecule has 0 unspecified atom stereocenters. The third kappa shape index (κ3) is 3.23. The van der Waals surface area contributed by atoms with E-state index in [1.807, 2.05) is 24.3 Å². The van der Waals surface area contributed by atoms with Gasteiger partial charge in [0, 0.05) is 12.1 Å². The Balaban J connectivity index is 1.73. The van der Waals surface area contributed by atoms with Crippen molar-refractivity contribution in [3.63, 3.8) is 0 Å². The highest BCUT2D eigenvalue weighted by molar-refractivity contribution is 7.89. The molecule has 1 saturated heterocycles. The minimum atomic E-state index is -3.30. The first-order chi connectivity index (χ1) is 11.0. The fraction of sp³-hybridized carbons (Fsp3) is 0.529. The molecule has 126 valence electrons. The zero-order chi connectivity index (χ0) is 16.4. The van der Waals surface area contributed by atoms with E-state index in [0.29, 0.717) is 18.3 Å². The van der Waals surface area contributed by atoms with Gasteiger partial charge in [-0.25, -0.2) is 8.42 Å². The molecule has 1 aliphatic carbocycles. The maximum atomic E-state index is 12.5. The first kappa shape index (κ1) is 16.3. The van der Waals surface area contributed by atoms with Crippen molar-refractivity contribution in [2.45, 2.75) is 31.3 Å². The molecule has 0 radical (unpaired) electrons. The van der Waals surface area contributed by atoms with E-state index in [1.165, 1.54) is 6.08 Å². The van der Waals surface area contributed by atoms with Gasteiger partial charge in [-0.2, -0.15) is 4.31 Å². The number of methoxy groups -OCH3 is 1. The van der Waals surface area contributed by atoms with E-state index < -0.39 is 10.0 Å². The zero-order valence-corrected chi connectivity index (χ0v) is 14.2. The van der Waals surface area contributed by atoms with E-state index in [2.05, 4.69) is 6.58 Å². The summed E-state index contributed by atoms with van der Waals surface area (Å²) in [5.41, 5.74) is 0. The highest BCUT2D eigenvalue weighted by Crippen LogP contribution is 2.44. The minimum Gasteiger partial charge on any atom is -0.497 e. The van der Waals surface area contributed by atoms with Crippen LogP contribution in [-0.4, -0.2) is 44.3 Å². The van der Waals surface area contributed by atoms with Gasteiger partial charge in [0.25, 0.3) is 0 Å². The van der Waals surface area contributed by atoms with Gasteiger partial charge in [0.05, 0.1) is 18.9 Å². The molecule has 1 saturated carbocycles. The Bertz CT molecular complexity index is 673. The first-order valence-corrected chi connectivity index (χ1v) is 9.55. The van der Waals surface area contributed by atoms with Crippen LogP contribution in [0.1, 0.15) is 19.3 Å². The van der Waals surface area contributed by atoms with Crippen LogP contribution in [0.4, 0.5) is 0 Å². The van der Waals surface area contributed by atoms with Crippen LogP contribution >= 0.6 is 0 Å². The molecule has 0 N–H and O–H groups in total. The smallest absolute Gasteiger partial charge is 0.218 e. The van der Waals surface area contributed by atoms with Crippen molar-refractivity contribution < 1.29 is 17.9 Å². The van der Waals surface area contributed by atoms with Gasteiger partial charge in [0.2, 0.25) is 10.0 Å². The van der Waals surface area contributed by atoms with Gasteiger partial charge in [-0.05, 0) is 37.3 Å². The van der Waals surface area contributed by atoms with Gasteiger partial charge in [0.15, 0.2) is 0 Å². The number of nitrogens with zero attached hydrogens (tertiary/aromatic N) is 1. The van der Waals surface area contributed by atoms with Crippen molar-refractivity contribution in [2.75, 3.05) is 19.5 Å². The number of benzene rings is 1. The third-order valence-electron chi connectivity index (χ3n) is 4.79. The summed E-state index contributed by atoms with van der Waals surface area (Å²) >= 11 is 0. The van der Waals surface area contributed by atoms with Crippen LogP contribution in [-0.2, 0) is 10.0 Å². The molecule has 2 aliphatic rings. The lowest BCUT2D eigenvalue weighted by molar-refractivity contribution is 0.162. The summed E-state index contributed by atoms with van der Waals surface area (Å²) < 4.78 is 37.8. The summed E-state index contributed by atoms with van der Waals surface area (Å²) in [6.07, 6.45) is 4.44. The highest BCUT2D eigenvalue weighted by atomic mass is 32.2. The third-order valence-corrected chi connectivity index (χ3v) is 6.66. The number of fused-ring (bicyclic) bond motifs is 2. The molecule has 3 atom stereocenters. The van der Waals surface area contributed by atoms with E-state index in [9.17, 15) is 8.42 Å². The molecule has 0 aromatic heterocycles. The predicted octanol–water partition coefficient (Wildman–Crippen LogP) is 2.44. The van der Waals surface area contributed by atoms with Crippen molar-refractivity contribution in [1.82, 2.24) is 4.31 Å². The van der Waals surface area contributed by atoms with Crippen LogP contribution < -0.4 is 9.47 Å². The molecule has 5 nitrogen and oxygen atoms in total. The summed E-state index contributed by atoms with van der Waals surface area (Å²) in [5, 5.41) is 0. The SMILES string of the molecule is C=CCS(=O)(=O)N1[C@H]2CC[C@H](C2)[C@H]1COc1cccc(OC)c1. The summed E-state index contributed by atoms with van der Waals surface area (Å²) in [6.45, 7) is 3.95. The Morgan fingerprint density at radius 2 is 2.13 bits per heavy atom. The second-order valence-corrected chi connectivity index (χ2v) is 8.10. The second kappa shape index (κ2) is 6.53. The summed E-state index contributed by atoms with van der Waals surface area (Å²) in [4.78, 5) is 0. The molecule has 2 fully saturated rings. The van der Waals surface area contributed by atoms with Gasteiger partial charge in [-0.1, -0.05) is 12.1 Å². The number of piperidine rings is 1. The fourth-order valence-electron chi connectivity index (χ4n) is 3.80. The molecule has 0 amide bonds. The van der Waals surface area contributed by atoms with Crippen LogP contribution in [0.2, 0.25) is 0 Å². The van der Waals surface area contributed by atoms with Crippen LogP contribution in [0.25, 0.3) is 0 Å². The molecule has 6 heteroatoms. The molecule has 23 heavy (non-hydrogen) atoms. The van der Waals surface area contributed by atoms with Gasteiger partial charge in [-0.3, -0.25) is 0 Å². The Labute approximate surface area is 137 Å². The molecular weight excluding hydrogens is 314 g/mol. The standard InChI is InChI=1S/C17H23NO4S/c1-3-9-23(19,20)18-14-8-7-13(10-14)17(18)12-22-16-6-4-5-15(11-16)21-2/h3-6,11,13-14,17H,1,7-10,12H2,2H3/t13-,14+,17-/m1/s1. The molecule has 2 bridgehead atoms. The van der Waals surface area contributed by atoms with E-state index in [-0.39, 0.29) is 17.8 Å². The lowest BCUT2D eigenvalue weighted by Crippen LogP contribution is -2.48. The number of hydrogen-bond donors (Lipinski definition) is 0. The van der Waals surface area contributed by atoms with Gasteiger partial charge in [-0.15, -0.1) is 6.58 Å². The normalized spacial score (nSPS) is 27.1. The zero-order valence-electron chi connectivity index (χ0n) is 13.3. The molecule has 1 aromatic carbocycles. The monoisotopic (exact) mass is 337 g/mol. The minimum absolute atomic E-state index is 0.00806. The predicted molar refractivity (Wildman–Crippen MR) is 89.2 cm³/mol. The lowest BCUT2D eigenvalue weighted by atomic mass is 10.0. The number of ether oxygens (including phenoxy) is 2. The second-order valence-electron chi connectivity index (χ2n) is 6.18. The maximum Gasteiger partial charge on any atom is 0.218 e. The molecule has 1 aliphatic heterocycles. The Kier molecular flexibility index (Phi) is 4.64. The highest BCUT2D eigenvalue weighted by Gasteiger charge is 2.50. The summed E-state index contributed by atoms with van der Waals surface area (Å²) in [6, 6.07) is 7.44. The van der Waals surface area contributed by atoms with Crippen molar-refractivity contribution >= 4 is 10.0 Å². The number of sulfonamides is 1. The average Bonchev–Trinajstić information content (AvgIpc) is 3.14. The molecule has 1 aromatic rings. The lowest BCUT2D eigenvalue weighted by Gasteiger charge is -2.33. The number of rotatable bonds is 7. The quantitative estimate of drug-likeness (QED) is 0.717. The Morgan fingerprint density at radius 3 is 2.87 bits per heavy atom. The van der Waals surface area contributed by atoms with Crippen LogP contribution in [0.15, 0.2) is 36.9 Å². The summed E-state index contributed by atoms with van der Waals surface area (Å²) in [5.74, 6) is 1.82. The van der Waals surface area contributed by atoms with Gasteiger partial charge >= 0.3 is 0 Å². The van der Waals surface area contributed by atoms with E-state index in [4.69, 9.17) is 9.47 Å². The van der Waals surface area contributed by atoms with Gasteiger partial charge in [0.1, 0.15) is 18.1 Å². The molecule has 0 spiro atoms. The Hall–Kier alpha value is -1.53. The summed E-state index contributed by atoms with van der Waals surface area (Å²) in [7, 11) is -1.69.